The van der Waals surface area contributed by atoms with Crippen molar-refractivity contribution in [1.82, 2.24) is 5.32 Å². The third kappa shape index (κ3) is 62.7. The van der Waals surface area contributed by atoms with Gasteiger partial charge in [0.15, 0.2) is 0 Å². The molecule has 2 N–H and O–H groups in total. The van der Waals surface area contributed by atoms with Gasteiger partial charge in [-0.2, -0.15) is 0 Å². The van der Waals surface area contributed by atoms with E-state index in [0.717, 1.165) is 148 Å². The van der Waals surface area contributed by atoms with Crippen molar-refractivity contribution in [1.29, 1.82) is 0 Å². The van der Waals surface area contributed by atoms with E-state index in [1.807, 2.05) is 33.3 Å². The summed E-state index contributed by atoms with van der Waals surface area (Å²) in [7, 11) is 1.46. The maximum absolute atomic E-state index is 13.6. The van der Waals surface area contributed by atoms with Crippen molar-refractivity contribution in [3.8, 4) is 0 Å². The lowest BCUT2D eigenvalue weighted by molar-refractivity contribution is -0.870. The molecule has 0 saturated carbocycles. The fourth-order valence-corrected chi connectivity index (χ4v) is 9.91. The van der Waals surface area contributed by atoms with E-state index in [9.17, 15) is 19.0 Å². The van der Waals surface area contributed by atoms with Gasteiger partial charge in [0.25, 0.3) is 0 Å². The number of quaternary nitrogens is 1. The molecular weight excluding hydrogens is 1060 g/mol. The maximum atomic E-state index is 13.6. The monoisotopic (exact) mass is 1190 g/mol. The molecular formula is C74H128N2O7P+. The van der Waals surface area contributed by atoms with Crippen LogP contribution >= 0.6 is 7.82 Å². The topological polar surface area (TPSA) is 111 Å². The van der Waals surface area contributed by atoms with E-state index in [4.69, 9.17) is 13.8 Å². The van der Waals surface area contributed by atoms with Gasteiger partial charge < -0.3 is 19.4 Å². The van der Waals surface area contributed by atoms with Gasteiger partial charge >= 0.3 is 13.8 Å². The normalized spacial score (nSPS) is 14.4. The number of allylic oxidation sites excluding steroid dienone is 21. The van der Waals surface area contributed by atoms with E-state index in [0.29, 0.717) is 23.9 Å². The number of likely N-dealkylation sites (N-methyl/N-ethyl adjacent to an activating group) is 1. The molecule has 0 aliphatic rings. The second-order valence-corrected chi connectivity index (χ2v) is 25.0. The van der Waals surface area contributed by atoms with Crippen molar-refractivity contribution >= 4 is 19.7 Å². The van der Waals surface area contributed by atoms with Crippen LogP contribution in [0, 0.1) is 0 Å². The summed E-state index contributed by atoms with van der Waals surface area (Å²) in [5.41, 5.74) is 0. The van der Waals surface area contributed by atoms with E-state index in [2.05, 4.69) is 148 Å². The number of amides is 1. The molecule has 9 nitrogen and oxygen atoms in total. The van der Waals surface area contributed by atoms with Crippen molar-refractivity contribution in [3.63, 3.8) is 0 Å². The average Bonchev–Trinajstić information content (AvgIpc) is 3.64. The number of phosphoric acid groups is 1. The quantitative estimate of drug-likeness (QED) is 0.0205. The van der Waals surface area contributed by atoms with Crippen LogP contribution < -0.4 is 5.32 Å². The van der Waals surface area contributed by atoms with E-state index in [1.165, 1.54) is 83.5 Å². The van der Waals surface area contributed by atoms with Crippen LogP contribution in [0.5, 0.6) is 0 Å². The van der Waals surface area contributed by atoms with Gasteiger partial charge in [-0.05, 0) is 122 Å². The Morgan fingerprint density at radius 3 is 1.14 bits per heavy atom. The van der Waals surface area contributed by atoms with Crippen LogP contribution in [0.2, 0.25) is 0 Å². The van der Waals surface area contributed by atoms with Gasteiger partial charge in [0.05, 0.1) is 33.8 Å². The van der Waals surface area contributed by atoms with Crippen LogP contribution in [-0.2, 0) is 27.9 Å². The van der Waals surface area contributed by atoms with Gasteiger partial charge in [-0.3, -0.25) is 18.6 Å². The summed E-state index contributed by atoms with van der Waals surface area (Å²) in [4.78, 5) is 37.9. The zero-order valence-electron chi connectivity index (χ0n) is 54.8. The number of unbranched alkanes of at least 4 members (excludes halogenated alkanes) is 24. The van der Waals surface area contributed by atoms with Crippen molar-refractivity contribution in [2.24, 2.45) is 0 Å². The standard InChI is InChI=1S/C74H127N2O7P/c1-7-10-13-16-19-22-25-28-30-32-34-36-37-38-39-41-42-44-46-48-51-54-57-60-63-66-73(77)75-71(70-82-84(79,80)81-69-68-76(4,5)6)72(65-62-59-56-53-50-27-24-21-18-15-12-9-3)83-74(78)67-64-61-58-55-52-49-47-45-43-40-35-33-31-29-26-23-20-17-14-11-8-2/h10-11,13-14,19-20,22-23,28-31,34-36,38-40,45,47,62,65,71-72H,7-9,12,15-18,21,24-27,32-33,37,41-44,46,48-61,63-64,66-70H2,1-6H3,(H-,75,77,79,80)/p+1/b13-10-,14-11-,22-19-,23-20-,30-28-,31-29-,36-34-,39-38-,40-35-,47-45-,65-62-. The van der Waals surface area contributed by atoms with Gasteiger partial charge in [-0.15, -0.1) is 0 Å². The SMILES string of the molecule is CC/C=C\C/C=C\C/C=C\C/C=C\C/C=C\CCCCCCCCCCCC(=O)NC(COP(=O)(O)OCC[N+](C)(C)C)C(/C=C\CCCCCCCCCCCC)OC(=O)CCCCCCC/C=C\C/C=C\C/C=C\C/C=C\C/C=C\CC. The summed E-state index contributed by atoms with van der Waals surface area (Å²) in [6.07, 6.45) is 88.8. The number of ether oxygens (including phenoxy) is 1. The molecule has 0 fully saturated rings. The summed E-state index contributed by atoms with van der Waals surface area (Å²) < 4.78 is 30.8. The molecule has 0 spiro atoms. The summed E-state index contributed by atoms with van der Waals surface area (Å²) in [6, 6.07) is -0.871. The van der Waals surface area contributed by atoms with Crippen LogP contribution in [0.15, 0.2) is 134 Å². The first-order chi connectivity index (χ1) is 40.9. The van der Waals surface area contributed by atoms with Crippen LogP contribution in [0.4, 0.5) is 0 Å². The lowest BCUT2D eigenvalue weighted by atomic mass is 10.0. The summed E-state index contributed by atoms with van der Waals surface area (Å²) in [5.74, 6) is -0.540. The number of hydrogen-bond acceptors (Lipinski definition) is 6. The molecule has 3 atom stereocenters. The first kappa shape index (κ1) is 80.2. The Hall–Kier alpha value is -3.85. The highest BCUT2D eigenvalue weighted by molar-refractivity contribution is 7.47. The zero-order valence-corrected chi connectivity index (χ0v) is 55.7. The Bertz CT molecular complexity index is 1900. The predicted octanol–water partition coefficient (Wildman–Crippen LogP) is 21.6. The molecule has 3 unspecified atom stereocenters. The Morgan fingerprint density at radius 1 is 0.429 bits per heavy atom. The van der Waals surface area contributed by atoms with Crippen LogP contribution in [-0.4, -0.2) is 74.3 Å². The minimum atomic E-state index is -4.47. The highest BCUT2D eigenvalue weighted by Gasteiger charge is 2.30. The van der Waals surface area contributed by atoms with E-state index >= 15 is 0 Å². The Kier molecular flexibility index (Phi) is 59.4. The molecule has 0 aromatic carbocycles. The van der Waals surface area contributed by atoms with Crippen LogP contribution in [0.3, 0.4) is 0 Å². The van der Waals surface area contributed by atoms with Gasteiger partial charge in [-0.1, -0.05) is 270 Å². The second kappa shape index (κ2) is 62.2. The summed E-state index contributed by atoms with van der Waals surface area (Å²) >= 11 is 0. The zero-order chi connectivity index (χ0) is 61.4. The fraction of sp³-hybridized carbons (Fsp3) is 0.676. The predicted molar refractivity (Wildman–Crippen MR) is 364 cm³/mol. The minimum absolute atomic E-state index is 0.0284. The smallest absolute Gasteiger partial charge is 0.456 e. The fourth-order valence-electron chi connectivity index (χ4n) is 9.17. The molecule has 0 heterocycles. The Morgan fingerprint density at radius 2 is 0.762 bits per heavy atom. The molecule has 0 saturated heterocycles. The number of nitrogens with zero attached hydrogens (tertiary/aromatic N) is 1. The van der Waals surface area contributed by atoms with Crippen molar-refractivity contribution in [2.45, 2.75) is 283 Å². The van der Waals surface area contributed by atoms with Gasteiger partial charge in [-0.25, -0.2) is 4.57 Å². The number of rotatable bonds is 60. The van der Waals surface area contributed by atoms with Crippen LogP contribution in [0.1, 0.15) is 271 Å². The average molecular weight is 1190 g/mol. The maximum Gasteiger partial charge on any atom is 0.472 e. The molecule has 84 heavy (non-hydrogen) atoms. The van der Waals surface area contributed by atoms with E-state index < -0.39 is 20.0 Å². The van der Waals surface area contributed by atoms with Gasteiger partial charge in [0, 0.05) is 12.8 Å². The number of esters is 1. The minimum Gasteiger partial charge on any atom is -0.456 e. The molecule has 1 amide bonds. The molecule has 0 aromatic heterocycles. The van der Waals surface area contributed by atoms with E-state index in [-0.39, 0.29) is 31.5 Å². The number of phosphoric ester groups is 1. The van der Waals surface area contributed by atoms with Crippen molar-refractivity contribution in [2.75, 3.05) is 40.9 Å². The lowest BCUT2D eigenvalue weighted by Crippen LogP contribution is -2.47. The number of nitrogens with one attached hydrogen (secondary N) is 1. The largest absolute Gasteiger partial charge is 0.472 e. The molecule has 0 aliphatic carbocycles. The Labute approximate surface area is 517 Å². The number of carbonyl (C=O) groups excluding carboxylic acids is 2. The van der Waals surface area contributed by atoms with Crippen LogP contribution in [0.25, 0.3) is 0 Å². The number of carbonyl (C=O) groups is 2. The third-order valence-corrected chi connectivity index (χ3v) is 15.3. The molecule has 480 valence electrons. The first-order valence-electron chi connectivity index (χ1n) is 34.0. The van der Waals surface area contributed by atoms with E-state index in [1.54, 1.807) is 0 Å². The van der Waals surface area contributed by atoms with Crippen molar-refractivity contribution < 1.29 is 37.3 Å². The highest BCUT2D eigenvalue weighted by Crippen LogP contribution is 2.43. The van der Waals surface area contributed by atoms with Gasteiger partial charge in [0.1, 0.15) is 19.3 Å². The van der Waals surface area contributed by atoms with Gasteiger partial charge in [0.2, 0.25) is 5.91 Å². The summed E-state index contributed by atoms with van der Waals surface area (Å²) in [6.45, 7) is 6.76. The molecule has 0 bridgehead atoms. The molecule has 0 radical (unpaired) electrons. The molecule has 0 aromatic rings. The Balaban J connectivity index is 5.19. The lowest BCUT2D eigenvalue weighted by Gasteiger charge is -2.27. The first-order valence-corrected chi connectivity index (χ1v) is 35.5. The summed E-state index contributed by atoms with van der Waals surface area (Å²) in [5, 5.41) is 3.06. The third-order valence-electron chi connectivity index (χ3n) is 14.3. The molecule has 10 heteroatoms. The number of hydrogen-bond donors (Lipinski definition) is 2. The molecule has 0 aliphatic heterocycles. The second-order valence-electron chi connectivity index (χ2n) is 23.6. The molecule has 0 rings (SSSR count). The van der Waals surface area contributed by atoms with Crippen molar-refractivity contribution in [3.05, 3.63) is 134 Å². The highest BCUT2D eigenvalue weighted by atomic mass is 31.2.